The number of nitrogens with one attached hydrogen (secondary N) is 1. The van der Waals surface area contributed by atoms with Crippen molar-refractivity contribution in [2.75, 3.05) is 0 Å². The predicted molar refractivity (Wildman–Crippen MR) is 108 cm³/mol. The third-order valence-corrected chi connectivity index (χ3v) is 4.66. The van der Waals surface area contributed by atoms with Crippen LogP contribution in [-0.2, 0) is 0 Å². The van der Waals surface area contributed by atoms with Gasteiger partial charge in [-0.15, -0.1) is 0 Å². The van der Waals surface area contributed by atoms with Crippen LogP contribution >= 0.6 is 0 Å². The van der Waals surface area contributed by atoms with Crippen molar-refractivity contribution in [1.82, 2.24) is 29.5 Å². The summed E-state index contributed by atoms with van der Waals surface area (Å²) in [6, 6.07) is 16.7. The van der Waals surface area contributed by atoms with Gasteiger partial charge in [0.05, 0.1) is 22.9 Å². The Labute approximate surface area is 164 Å². The molecule has 8 nitrogen and oxygen atoms in total. The molecule has 0 aliphatic rings. The van der Waals surface area contributed by atoms with Crippen LogP contribution in [0.5, 0.6) is 5.88 Å². The molecule has 0 radical (unpaired) electrons. The standard InChI is InChI=1S/C21H16N6O2/c1-13(29-20-17-18(23-11-22-17)24-12-25-20)19-26-16-10-6-5-9-15(16)21(28)27(19)14-7-3-2-4-8-14/h2-13H,1H3,(H,22,23,24,25). The first-order chi connectivity index (χ1) is 14.2. The van der Waals surface area contributed by atoms with Crippen LogP contribution in [0.1, 0.15) is 18.9 Å². The van der Waals surface area contributed by atoms with Crippen molar-refractivity contribution in [3.63, 3.8) is 0 Å². The van der Waals surface area contributed by atoms with E-state index in [0.29, 0.717) is 33.8 Å². The maximum atomic E-state index is 13.3. The molecule has 3 heterocycles. The summed E-state index contributed by atoms with van der Waals surface area (Å²) >= 11 is 0. The SMILES string of the molecule is CC(Oc1ncnc2nc[nH]c12)c1nc2ccccc2c(=O)n1-c1ccccc1. The number of H-pyrrole nitrogens is 1. The van der Waals surface area contributed by atoms with Crippen LogP contribution in [0.2, 0.25) is 0 Å². The lowest BCUT2D eigenvalue weighted by atomic mass is 10.2. The first kappa shape index (κ1) is 17.1. The number of para-hydroxylation sites is 2. The molecule has 0 amide bonds. The molecule has 0 bridgehead atoms. The number of benzene rings is 2. The zero-order valence-electron chi connectivity index (χ0n) is 15.5. The van der Waals surface area contributed by atoms with Gasteiger partial charge in [-0.2, -0.15) is 4.98 Å². The Morgan fingerprint density at radius 3 is 2.66 bits per heavy atom. The summed E-state index contributed by atoms with van der Waals surface area (Å²) in [7, 11) is 0. The number of hydrogen-bond donors (Lipinski definition) is 1. The summed E-state index contributed by atoms with van der Waals surface area (Å²) < 4.78 is 7.68. The fourth-order valence-corrected chi connectivity index (χ4v) is 3.30. The molecular formula is C21H16N6O2. The Balaban J connectivity index is 1.69. The Morgan fingerprint density at radius 1 is 1.00 bits per heavy atom. The van der Waals surface area contributed by atoms with Gasteiger partial charge in [0.2, 0.25) is 5.88 Å². The molecule has 29 heavy (non-hydrogen) atoms. The number of ether oxygens (including phenoxy) is 1. The molecule has 1 atom stereocenters. The highest BCUT2D eigenvalue weighted by Crippen LogP contribution is 2.25. The van der Waals surface area contributed by atoms with Gasteiger partial charge in [-0.25, -0.2) is 15.0 Å². The van der Waals surface area contributed by atoms with E-state index in [9.17, 15) is 4.79 Å². The smallest absolute Gasteiger partial charge is 0.266 e. The molecule has 3 aromatic heterocycles. The second kappa shape index (κ2) is 6.83. The van der Waals surface area contributed by atoms with E-state index in [1.165, 1.54) is 12.7 Å². The lowest BCUT2D eigenvalue weighted by Gasteiger charge is -2.19. The Hall–Kier alpha value is -4.07. The first-order valence-corrected chi connectivity index (χ1v) is 9.10. The molecule has 0 saturated heterocycles. The van der Waals surface area contributed by atoms with E-state index >= 15 is 0 Å². The topological polar surface area (TPSA) is 98.6 Å². The van der Waals surface area contributed by atoms with Gasteiger partial charge in [-0.3, -0.25) is 9.36 Å². The molecule has 0 saturated carbocycles. The zero-order chi connectivity index (χ0) is 19.8. The number of nitrogens with zero attached hydrogens (tertiary/aromatic N) is 5. The summed E-state index contributed by atoms with van der Waals surface area (Å²) in [5.41, 5.74) is 2.28. The highest BCUT2D eigenvalue weighted by molar-refractivity contribution is 5.78. The Morgan fingerprint density at radius 2 is 1.79 bits per heavy atom. The van der Waals surface area contributed by atoms with E-state index in [1.807, 2.05) is 55.5 Å². The van der Waals surface area contributed by atoms with Crippen molar-refractivity contribution in [3.05, 3.63) is 83.4 Å². The molecule has 0 aliphatic carbocycles. The van der Waals surface area contributed by atoms with Gasteiger partial charge in [0.15, 0.2) is 17.6 Å². The van der Waals surface area contributed by atoms with Crippen LogP contribution in [0, 0.1) is 0 Å². The molecule has 1 N–H and O–H groups in total. The summed E-state index contributed by atoms with van der Waals surface area (Å²) in [6.45, 7) is 1.83. The van der Waals surface area contributed by atoms with Gasteiger partial charge in [0.25, 0.3) is 5.56 Å². The molecule has 5 aromatic rings. The van der Waals surface area contributed by atoms with E-state index in [0.717, 1.165) is 5.69 Å². The van der Waals surface area contributed by atoms with Gasteiger partial charge in [-0.1, -0.05) is 30.3 Å². The van der Waals surface area contributed by atoms with Crippen LogP contribution in [0.4, 0.5) is 0 Å². The lowest BCUT2D eigenvalue weighted by molar-refractivity contribution is 0.207. The highest BCUT2D eigenvalue weighted by Gasteiger charge is 2.21. The molecule has 0 fully saturated rings. The second-order valence-corrected chi connectivity index (χ2v) is 6.50. The maximum absolute atomic E-state index is 13.3. The lowest BCUT2D eigenvalue weighted by Crippen LogP contribution is -2.26. The quantitative estimate of drug-likeness (QED) is 0.511. The molecular weight excluding hydrogens is 368 g/mol. The minimum atomic E-state index is -0.561. The highest BCUT2D eigenvalue weighted by atomic mass is 16.5. The van der Waals surface area contributed by atoms with Crippen molar-refractivity contribution in [2.45, 2.75) is 13.0 Å². The predicted octanol–water partition coefficient (Wildman–Crippen LogP) is 3.19. The number of hydrogen-bond acceptors (Lipinski definition) is 6. The first-order valence-electron chi connectivity index (χ1n) is 9.10. The normalized spacial score (nSPS) is 12.3. The average molecular weight is 384 g/mol. The summed E-state index contributed by atoms with van der Waals surface area (Å²) in [5, 5.41) is 0.547. The van der Waals surface area contributed by atoms with E-state index < -0.39 is 6.10 Å². The van der Waals surface area contributed by atoms with Crippen molar-refractivity contribution >= 4 is 22.1 Å². The molecule has 2 aromatic carbocycles. The number of aromatic amines is 1. The Kier molecular flexibility index (Phi) is 4.02. The maximum Gasteiger partial charge on any atom is 0.266 e. The van der Waals surface area contributed by atoms with E-state index in [-0.39, 0.29) is 5.56 Å². The fraction of sp³-hybridized carbons (Fsp3) is 0.0952. The number of imidazole rings is 1. The van der Waals surface area contributed by atoms with Crippen LogP contribution in [0.25, 0.3) is 27.8 Å². The minimum Gasteiger partial charge on any atom is -0.465 e. The van der Waals surface area contributed by atoms with Crippen LogP contribution in [0.3, 0.4) is 0 Å². The Bertz CT molecular complexity index is 1380. The average Bonchev–Trinajstić information content (AvgIpc) is 3.24. The number of aromatic nitrogens is 6. The molecule has 8 heteroatoms. The van der Waals surface area contributed by atoms with Gasteiger partial charge < -0.3 is 9.72 Å². The summed E-state index contributed by atoms with van der Waals surface area (Å²) in [4.78, 5) is 33.5. The molecule has 5 rings (SSSR count). The van der Waals surface area contributed by atoms with Crippen LogP contribution in [-0.4, -0.2) is 29.5 Å². The third-order valence-electron chi connectivity index (χ3n) is 4.66. The molecule has 142 valence electrons. The monoisotopic (exact) mass is 384 g/mol. The van der Waals surface area contributed by atoms with Crippen LogP contribution in [0.15, 0.2) is 72.0 Å². The zero-order valence-corrected chi connectivity index (χ0v) is 15.5. The van der Waals surface area contributed by atoms with E-state index in [1.54, 1.807) is 10.6 Å². The van der Waals surface area contributed by atoms with Gasteiger partial charge in [0.1, 0.15) is 11.8 Å². The summed E-state index contributed by atoms with van der Waals surface area (Å²) in [5.74, 6) is 0.827. The largest absolute Gasteiger partial charge is 0.465 e. The third kappa shape index (κ3) is 2.91. The van der Waals surface area contributed by atoms with Gasteiger partial charge in [-0.05, 0) is 31.2 Å². The van der Waals surface area contributed by atoms with Gasteiger partial charge >= 0.3 is 0 Å². The molecule has 1 unspecified atom stereocenters. The van der Waals surface area contributed by atoms with Crippen molar-refractivity contribution < 1.29 is 4.74 Å². The van der Waals surface area contributed by atoms with Crippen molar-refractivity contribution in [2.24, 2.45) is 0 Å². The fourth-order valence-electron chi connectivity index (χ4n) is 3.30. The summed E-state index contributed by atoms with van der Waals surface area (Å²) in [6.07, 6.45) is 2.36. The van der Waals surface area contributed by atoms with E-state index in [4.69, 9.17) is 9.72 Å². The van der Waals surface area contributed by atoms with Crippen molar-refractivity contribution in [3.8, 4) is 11.6 Å². The molecule has 0 aliphatic heterocycles. The molecule has 0 spiro atoms. The van der Waals surface area contributed by atoms with Gasteiger partial charge in [0, 0.05) is 0 Å². The van der Waals surface area contributed by atoms with Crippen LogP contribution < -0.4 is 10.3 Å². The van der Waals surface area contributed by atoms with E-state index in [2.05, 4.69) is 19.9 Å². The minimum absolute atomic E-state index is 0.151. The number of fused-ring (bicyclic) bond motifs is 2. The second-order valence-electron chi connectivity index (χ2n) is 6.50. The van der Waals surface area contributed by atoms with Crippen molar-refractivity contribution in [1.29, 1.82) is 0 Å². The number of rotatable bonds is 4.